The molecule has 41 nitrogen and oxygen atoms in total. The Kier molecular flexibility index (Phi) is 24.5. The molecule has 3 aliphatic heterocycles. The van der Waals surface area contributed by atoms with Crippen LogP contribution in [0.25, 0.3) is 33.5 Å². The molecule has 0 saturated carbocycles. The van der Waals surface area contributed by atoms with E-state index in [1.54, 1.807) is 0 Å². The van der Waals surface area contributed by atoms with Crippen LogP contribution in [0.15, 0.2) is 38.0 Å². The van der Waals surface area contributed by atoms with Gasteiger partial charge in [0.2, 0.25) is 0 Å². The number of phosphoric ester groups is 3. The van der Waals surface area contributed by atoms with Crippen molar-refractivity contribution in [3.8, 4) is 0 Å². The number of aromatic nitrogens is 12. The van der Waals surface area contributed by atoms with Crippen LogP contribution in [0.4, 0.5) is 17.5 Å². The van der Waals surface area contributed by atoms with Gasteiger partial charge in [-0.25, -0.2) is 58.6 Å². The molecule has 9 heterocycles. The standard InChI is InChI=1S/3C10H14N5O7P.C5H10O5.2H3P/c3*11-8-5-9(13-2-12-8)15(3-14-5)10-7(17)6(16)4(22-10)1-21-23(18,19)20;6-1-3(8)5(10)4(9)2-7;;/h3*2-4,6-7,10,16-17H,1H2,(H2,11,12,13)(H2,18,19,20);1,3-5,7-10H,2H2;2*1H3/t3*4-,6-,7-,10-;;;/m111.../s1. The second-order valence-electron chi connectivity index (χ2n) is 16.6. The van der Waals surface area contributed by atoms with Gasteiger partial charge >= 0.3 is 23.5 Å². The molecule has 6 aromatic rings. The quantitative estimate of drug-likeness (QED) is 0.0316. The number of anilines is 3. The van der Waals surface area contributed by atoms with Gasteiger partial charge in [0.1, 0.15) is 109 Å². The van der Waals surface area contributed by atoms with Crippen LogP contribution in [-0.4, -0.2) is 245 Å². The van der Waals surface area contributed by atoms with Gasteiger partial charge in [0, 0.05) is 0 Å². The number of imidazole rings is 3. The van der Waals surface area contributed by atoms with Gasteiger partial charge in [-0.05, 0) is 0 Å². The lowest BCUT2D eigenvalue weighted by molar-refractivity contribution is -0.127. The van der Waals surface area contributed by atoms with E-state index in [4.69, 9.17) is 81.2 Å². The molecule has 5 unspecified atom stereocenters. The minimum Gasteiger partial charge on any atom is -0.394 e. The van der Waals surface area contributed by atoms with Crippen molar-refractivity contribution < 1.29 is 127 Å². The number of hydrogen-bond donors (Lipinski definition) is 19. The van der Waals surface area contributed by atoms with E-state index in [0.717, 1.165) is 0 Å². The number of fused-ring (bicyclic) bond motifs is 3. The molecule has 0 spiro atoms. The fourth-order valence-corrected chi connectivity index (χ4v) is 8.41. The molecule has 3 aliphatic rings. The molecule has 22 N–H and O–H groups in total. The van der Waals surface area contributed by atoms with Gasteiger partial charge in [0.25, 0.3) is 0 Å². The number of rotatable bonds is 16. The van der Waals surface area contributed by atoms with Crippen molar-refractivity contribution in [1.82, 2.24) is 58.6 Å². The summed E-state index contributed by atoms with van der Waals surface area (Å²) in [5.41, 5.74) is 18.7. The third-order valence-corrected chi connectivity index (χ3v) is 12.7. The Labute approximate surface area is 458 Å². The van der Waals surface area contributed by atoms with Gasteiger partial charge in [-0.1, -0.05) is 0 Å². The minimum atomic E-state index is -4.72. The lowest BCUT2D eigenvalue weighted by atomic mass is 10.1. The average Bonchev–Trinajstić information content (AvgIpc) is 4.30. The zero-order chi connectivity index (χ0) is 58.5. The average molecular weight is 1260 g/mol. The van der Waals surface area contributed by atoms with Crippen LogP contribution in [0.3, 0.4) is 0 Å². The summed E-state index contributed by atoms with van der Waals surface area (Å²) in [4.78, 5) is 97.3. The Morgan fingerprint density at radius 1 is 0.506 bits per heavy atom. The van der Waals surface area contributed by atoms with E-state index >= 15 is 0 Å². The number of aldehydes is 1. The van der Waals surface area contributed by atoms with Gasteiger partial charge in [0.15, 0.2) is 59.4 Å². The van der Waals surface area contributed by atoms with E-state index in [1.807, 2.05) is 0 Å². The number of aliphatic hydroxyl groups is 10. The zero-order valence-corrected chi connectivity index (χ0v) is 46.6. The van der Waals surface area contributed by atoms with Crippen LogP contribution in [-0.2, 0) is 46.3 Å². The molecule has 6 aromatic heterocycles. The maximum absolute atomic E-state index is 10.7. The van der Waals surface area contributed by atoms with Crippen LogP contribution in [0.2, 0.25) is 0 Å². The summed E-state index contributed by atoms with van der Waals surface area (Å²) in [7, 11) is -14.2. The number of aliphatic hydroxyl groups excluding tert-OH is 10. The first-order chi connectivity index (χ1) is 37.0. The van der Waals surface area contributed by atoms with Crippen LogP contribution in [0, 0.1) is 0 Å². The first-order valence-electron chi connectivity index (χ1n) is 22.0. The predicted molar refractivity (Wildman–Crippen MR) is 274 cm³/mol. The largest absolute Gasteiger partial charge is 0.469 e. The Bertz CT molecular complexity index is 2850. The molecule has 0 bridgehead atoms. The fourth-order valence-electron chi connectivity index (χ4n) is 7.39. The molecular formula is C35H58N15O26P5. The van der Waals surface area contributed by atoms with E-state index in [-0.39, 0.29) is 60.5 Å². The smallest absolute Gasteiger partial charge is 0.394 e. The summed E-state index contributed by atoms with van der Waals surface area (Å²) in [5, 5.41) is 94.2. The second kappa shape index (κ2) is 28.8. The van der Waals surface area contributed by atoms with Crippen LogP contribution in [0.5, 0.6) is 0 Å². The summed E-state index contributed by atoms with van der Waals surface area (Å²) >= 11 is 0. The van der Waals surface area contributed by atoms with Crippen molar-refractivity contribution in [2.45, 2.75) is 91.9 Å². The molecule has 81 heavy (non-hydrogen) atoms. The number of hydrogen-bond acceptors (Lipinski definition) is 32. The van der Waals surface area contributed by atoms with Crippen molar-refractivity contribution in [3.05, 3.63) is 38.0 Å². The van der Waals surface area contributed by atoms with Gasteiger partial charge in [-0.15, -0.1) is 0 Å². The molecule has 17 atom stereocenters. The van der Waals surface area contributed by atoms with Gasteiger partial charge < -0.3 is 117 Å². The summed E-state index contributed by atoms with van der Waals surface area (Å²) in [6.07, 6.45) is -12.1. The Hall–Kier alpha value is -4.61. The van der Waals surface area contributed by atoms with Crippen molar-refractivity contribution in [2.75, 3.05) is 43.6 Å². The molecule has 46 heteroatoms. The zero-order valence-electron chi connectivity index (χ0n) is 41.1. The highest BCUT2D eigenvalue weighted by Crippen LogP contribution is 2.41. The van der Waals surface area contributed by atoms with E-state index in [9.17, 15) is 49.1 Å². The second-order valence-corrected chi connectivity index (χ2v) is 20.3. The third kappa shape index (κ3) is 17.0. The van der Waals surface area contributed by atoms with Crippen LogP contribution >= 0.6 is 43.3 Å². The Morgan fingerprint density at radius 3 is 1.01 bits per heavy atom. The number of phosphoric acid groups is 3. The van der Waals surface area contributed by atoms with Crippen LogP contribution in [0.1, 0.15) is 18.7 Å². The lowest BCUT2D eigenvalue weighted by Crippen LogP contribution is -2.40. The molecule has 454 valence electrons. The van der Waals surface area contributed by atoms with Crippen LogP contribution < -0.4 is 17.2 Å². The number of ether oxygens (including phenoxy) is 3. The number of carbonyl (C=O) groups excluding carboxylic acids is 1. The maximum Gasteiger partial charge on any atom is 0.469 e. The number of nitrogens with two attached hydrogens (primary N) is 3. The van der Waals surface area contributed by atoms with Crippen molar-refractivity contribution in [1.29, 1.82) is 0 Å². The van der Waals surface area contributed by atoms with E-state index in [2.05, 4.69) is 58.4 Å². The molecule has 9 rings (SSSR count). The highest BCUT2D eigenvalue weighted by molar-refractivity contribution is 7.46. The highest BCUT2D eigenvalue weighted by atomic mass is 31.2. The van der Waals surface area contributed by atoms with Crippen molar-refractivity contribution in [3.63, 3.8) is 0 Å². The molecular weight excluding hydrogens is 1200 g/mol. The fraction of sp³-hybridized carbons (Fsp3) is 0.543. The summed E-state index contributed by atoms with van der Waals surface area (Å²) in [6.45, 7) is -2.47. The Balaban J connectivity index is 0.000000239. The number of carbonyl (C=O) groups is 1. The van der Waals surface area contributed by atoms with Gasteiger partial charge in [-0.2, -0.15) is 19.8 Å². The van der Waals surface area contributed by atoms with Crippen molar-refractivity contribution >= 4 is 100 Å². The van der Waals surface area contributed by atoms with Gasteiger partial charge in [-0.3, -0.25) is 27.3 Å². The normalized spacial score (nSPS) is 26.7. The third-order valence-electron chi connectivity index (χ3n) is 11.3. The SMILES string of the molecule is Nc1ncnc2c1ncn2[C@@H]1O[C@H](COP(=O)(O)O)[C@@H](O)[C@H]1O.Nc1ncnc2c1ncn2[C@@H]1O[C@H](COP(=O)(O)O)[C@@H](O)[C@H]1O.Nc1ncnc2c1ncn2[C@@H]1O[C@H](COP(=O)(O)O)[C@@H](O)[C@H]1O.O=CC(O)C(O)C(O)CO.P.P. The molecule has 0 aliphatic carbocycles. The summed E-state index contributed by atoms with van der Waals surface area (Å²) in [5.74, 6) is 0.425. The number of nitrogen functional groups attached to an aromatic ring is 3. The molecule has 3 fully saturated rings. The lowest BCUT2D eigenvalue weighted by Gasteiger charge is -2.16. The van der Waals surface area contributed by atoms with E-state index in [1.165, 1.54) is 51.7 Å². The molecule has 0 aromatic carbocycles. The molecule has 0 amide bonds. The first-order valence-corrected chi connectivity index (χ1v) is 26.6. The van der Waals surface area contributed by atoms with E-state index in [0.29, 0.717) is 16.6 Å². The van der Waals surface area contributed by atoms with Gasteiger partial charge in [0.05, 0.1) is 45.4 Å². The summed E-state index contributed by atoms with van der Waals surface area (Å²) < 4.78 is 65.4. The maximum atomic E-state index is 10.7. The predicted octanol–water partition coefficient (Wildman–Crippen LogP) is -8.21. The highest BCUT2D eigenvalue weighted by Gasteiger charge is 2.48. The van der Waals surface area contributed by atoms with Crippen molar-refractivity contribution in [2.24, 2.45) is 0 Å². The molecule has 3 saturated heterocycles. The molecule has 0 radical (unpaired) electrons. The Morgan fingerprint density at radius 2 is 0.778 bits per heavy atom. The minimum absolute atomic E-state index is 0. The first kappa shape index (κ1) is 68.9. The summed E-state index contributed by atoms with van der Waals surface area (Å²) in [6, 6.07) is 0. The monoisotopic (exact) mass is 1260 g/mol. The topological polar surface area (TPSA) is 656 Å². The number of nitrogens with zero attached hydrogens (tertiary/aromatic N) is 12. The van der Waals surface area contributed by atoms with E-state index < -0.39 is 142 Å².